The smallest absolute Gasteiger partial charge is 0.296 e. The molecule has 2 aromatic rings. The highest BCUT2D eigenvalue weighted by molar-refractivity contribution is 6.34. The summed E-state index contributed by atoms with van der Waals surface area (Å²) < 4.78 is 5.37. The molecule has 0 saturated carbocycles. The van der Waals surface area contributed by atoms with Crippen molar-refractivity contribution >= 4 is 28.9 Å². The Balaban J connectivity index is 2.27. The van der Waals surface area contributed by atoms with Crippen molar-refractivity contribution in [3.05, 3.63) is 63.2 Å². The van der Waals surface area contributed by atoms with Crippen molar-refractivity contribution in [1.29, 1.82) is 0 Å². The van der Waals surface area contributed by atoms with E-state index in [0.29, 0.717) is 12.4 Å². The van der Waals surface area contributed by atoms with Gasteiger partial charge in [0, 0.05) is 0 Å². The van der Waals surface area contributed by atoms with Crippen molar-refractivity contribution < 1.29 is 14.5 Å². The van der Waals surface area contributed by atoms with Crippen LogP contribution in [0.1, 0.15) is 23.7 Å². The first kappa shape index (κ1) is 16.8. The van der Waals surface area contributed by atoms with Crippen molar-refractivity contribution in [1.82, 2.24) is 0 Å². The number of nitrogens with zero attached hydrogens (tertiary/aromatic N) is 1. The van der Waals surface area contributed by atoms with Crippen LogP contribution < -0.4 is 10.1 Å². The predicted octanol–water partition coefficient (Wildman–Crippen LogP) is 4.29. The Morgan fingerprint density at radius 1 is 1.30 bits per heavy atom. The summed E-state index contributed by atoms with van der Waals surface area (Å²) in [5.41, 5.74) is 0.0950. The quantitative estimate of drug-likeness (QED) is 0.631. The molecule has 0 fully saturated rings. The molecule has 7 heteroatoms. The van der Waals surface area contributed by atoms with Gasteiger partial charge in [-0.15, -0.1) is 0 Å². The predicted molar refractivity (Wildman–Crippen MR) is 88.3 cm³/mol. The molecule has 2 aromatic carbocycles. The number of ether oxygens (including phenoxy) is 1. The third-order valence-corrected chi connectivity index (χ3v) is 3.34. The van der Waals surface area contributed by atoms with Gasteiger partial charge in [-0.3, -0.25) is 14.9 Å². The third kappa shape index (κ3) is 4.20. The molecule has 23 heavy (non-hydrogen) atoms. The van der Waals surface area contributed by atoms with Crippen molar-refractivity contribution in [2.45, 2.75) is 13.3 Å². The molecule has 1 N–H and O–H groups in total. The average molecular weight is 335 g/mol. The van der Waals surface area contributed by atoms with Gasteiger partial charge in [-0.05, 0) is 30.7 Å². The molecular weight excluding hydrogens is 320 g/mol. The van der Waals surface area contributed by atoms with E-state index < -0.39 is 10.8 Å². The molecule has 6 nitrogen and oxygen atoms in total. The topological polar surface area (TPSA) is 81.5 Å². The molecule has 0 spiro atoms. The summed E-state index contributed by atoms with van der Waals surface area (Å²) in [4.78, 5) is 22.9. The van der Waals surface area contributed by atoms with Gasteiger partial charge in [-0.2, -0.15) is 0 Å². The maximum Gasteiger partial charge on any atom is 0.296 e. The van der Waals surface area contributed by atoms with Gasteiger partial charge in [0.2, 0.25) is 0 Å². The SMILES string of the molecule is CCCOc1ccc(NC(=O)c2ccccc2Cl)c([N+](=O)[O-])c1. The van der Waals surface area contributed by atoms with Crippen LogP contribution in [0.5, 0.6) is 5.75 Å². The van der Waals surface area contributed by atoms with Gasteiger partial charge in [0.1, 0.15) is 11.4 Å². The summed E-state index contributed by atoms with van der Waals surface area (Å²) in [6.07, 6.45) is 0.790. The van der Waals surface area contributed by atoms with E-state index in [2.05, 4.69) is 5.32 Å². The Bertz CT molecular complexity index is 734. The number of hydrogen-bond donors (Lipinski definition) is 1. The maximum absolute atomic E-state index is 12.2. The van der Waals surface area contributed by atoms with E-state index in [9.17, 15) is 14.9 Å². The van der Waals surface area contributed by atoms with E-state index in [1.165, 1.54) is 12.1 Å². The van der Waals surface area contributed by atoms with Crippen LogP contribution in [0.2, 0.25) is 5.02 Å². The fraction of sp³-hybridized carbons (Fsp3) is 0.188. The number of benzene rings is 2. The van der Waals surface area contributed by atoms with Crippen molar-refractivity contribution in [2.75, 3.05) is 11.9 Å². The minimum absolute atomic E-state index is 0.0868. The molecule has 0 aliphatic heterocycles. The summed E-state index contributed by atoms with van der Waals surface area (Å²) >= 11 is 5.96. The Kier molecular flexibility index (Phi) is 5.54. The van der Waals surface area contributed by atoms with Crippen LogP contribution in [-0.2, 0) is 0 Å². The summed E-state index contributed by atoms with van der Waals surface area (Å²) in [5.74, 6) is -0.129. The molecule has 0 bridgehead atoms. The fourth-order valence-corrected chi connectivity index (χ4v) is 2.13. The third-order valence-electron chi connectivity index (χ3n) is 3.01. The molecule has 0 atom stereocenters. The molecule has 0 aliphatic carbocycles. The molecule has 0 aromatic heterocycles. The van der Waals surface area contributed by atoms with Gasteiger partial charge in [0.05, 0.1) is 28.2 Å². The molecule has 120 valence electrons. The zero-order valence-electron chi connectivity index (χ0n) is 12.4. The Hall–Kier alpha value is -2.60. The lowest BCUT2D eigenvalue weighted by atomic mass is 10.2. The van der Waals surface area contributed by atoms with Crippen LogP contribution >= 0.6 is 11.6 Å². The number of rotatable bonds is 6. The number of halogens is 1. The second-order valence-electron chi connectivity index (χ2n) is 4.72. The highest BCUT2D eigenvalue weighted by Gasteiger charge is 2.19. The molecule has 0 radical (unpaired) electrons. The lowest BCUT2D eigenvalue weighted by molar-refractivity contribution is -0.384. The number of hydrogen-bond acceptors (Lipinski definition) is 4. The number of nitrogens with one attached hydrogen (secondary N) is 1. The summed E-state index contributed by atoms with van der Waals surface area (Å²) in [7, 11) is 0. The Morgan fingerprint density at radius 2 is 2.04 bits per heavy atom. The first-order valence-corrected chi connectivity index (χ1v) is 7.38. The molecule has 1 amide bonds. The molecular formula is C16H15ClN2O4. The number of nitro groups is 1. The summed E-state index contributed by atoms with van der Waals surface area (Å²) in [5, 5.41) is 14.0. The zero-order chi connectivity index (χ0) is 16.8. The second kappa shape index (κ2) is 7.60. The Labute approximate surface area is 138 Å². The Morgan fingerprint density at radius 3 is 2.70 bits per heavy atom. The van der Waals surface area contributed by atoms with Gasteiger partial charge in [0.15, 0.2) is 0 Å². The number of carbonyl (C=O) groups is 1. The summed E-state index contributed by atoms with van der Waals surface area (Å²) in [6, 6.07) is 10.8. The van der Waals surface area contributed by atoms with E-state index in [4.69, 9.17) is 16.3 Å². The molecule has 2 rings (SSSR count). The van der Waals surface area contributed by atoms with Crippen molar-refractivity contribution in [3.8, 4) is 5.75 Å². The van der Waals surface area contributed by atoms with Gasteiger partial charge in [-0.1, -0.05) is 30.7 Å². The van der Waals surface area contributed by atoms with Gasteiger partial charge >= 0.3 is 0 Å². The van der Waals surface area contributed by atoms with Gasteiger partial charge in [-0.25, -0.2) is 0 Å². The maximum atomic E-state index is 12.2. The summed E-state index contributed by atoms with van der Waals surface area (Å²) in [6.45, 7) is 2.40. The monoisotopic (exact) mass is 334 g/mol. The standard InChI is InChI=1S/C16H15ClN2O4/c1-2-9-23-11-7-8-14(15(10-11)19(21)22)18-16(20)12-5-3-4-6-13(12)17/h3-8,10H,2,9H2,1H3,(H,18,20). The molecule has 0 unspecified atom stereocenters. The molecule has 0 saturated heterocycles. The normalized spacial score (nSPS) is 10.2. The fourth-order valence-electron chi connectivity index (χ4n) is 1.91. The van der Waals surface area contributed by atoms with Crippen molar-refractivity contribution in [2.24, 2.45) is 0 Å². The van der Waals surface area contributed by atoms with Crippen LogP contribution in [-0.4, -0.2) is 17.4 Å². The van der Waals surface area contributed by atoms with Crippen LogP contribution in [0.4, 0.5) is 11.4 Å². The number of amides is 1. The average Bonchev–Trinajstić information content (AvgIpc) is 2.54. The van der Waals surface area contributed by atoms with Crippen LogP contribution in [0, 0.1) is 10.1 Å². The van der Waals surface area contributed by atoms with Crippen molar-refractivity contribution in [3.63, 3.8) is 0 Å². The lowest BCUT2D eigenvalue weighted by Gasteiger charge is -2.09. The van der Waals surface area contributed by atoms with E-state index in [-0.39, 0.29) is 22.0 Å². The van der Waals surface area contributed by atoms with Crippen LogP contribution in [0.15, 0.2) is 42.5 Å². The zero-order valence-corrected chi connectivity index (χ0v) is 13.2. The van der Waals surface area contributed by atoms with E-state index in [0.717, 1.165) is 6.42 Å². The van der Waals surface area contributed by atoms with Crippen LogP contribution in [0.25, 0.3) is 0 Å². The molecule has 0 heterocycles. The minimum Gasteiger partial charge on any atom is -0.493 e. The lowest BCUT2D eigenvalue weighted by Crippen LogP contribution is -2.13. The largest absolute Gasteiger partial charge is 0.493 e. The first-order chi connectivity index (χ1) is 11.0. The van der Waals surface area contributed by atoms with Crippen LogP contribution in [0.3, 0.4) is 0 Å². The van der Waals surface area contributed by atoms with E-state index >= 15 is 0 Å². The number of carbonyl (C=O) groups excluding carboxylic acids is 1. The minimum atomic E-state index is -0.568. The van der Waals surface area contributed by atoms with E-state index in [1.54, 1.807) is 30.3 Å². The van der Waals surface area contributed by atoms with Gasteiger partial charge in [0.25, 0.3) is 11.6 Å². The molecule has 0 aliphatic rings. The first-order valence-electron chi connectivity index (χ1n) is 7.00. The number of anilines is 1. The van der Waals surface area contributed by atoms with E-state index in [1.807, 2.05) is 6.92 Å². The number of nitro benzene ring substituents is 1. The van der Waals surface area contributed by atoms with Gasteiger partial charge < -0.3 is 10.1 Å². The highest BCUT2D eigenvalue weighted by atomic mass is 35.5. The second-order valence-corrected chi connectivity index (χ2v) is 5.13. The highest BCUT2D eigenvalue weighted by Crippen LogP contribution is 2.30.